The topological polar surface area (TPSA) is 20.2 Å². The van der Waals surface area contributed by atoms with Crippen LogP contribution in [-0.2, 0) is 6.42 Å². The molecular weight excluding hydrogens is 239 g/mol. The van der Waals surface area contributed by atoms with Gasteiger partial charge in [0.15, 0.2) is 0 Å². The van der Waals surface area contributed by atoms with Crippen LogP contribution in [0.3, 0.4) is 0 Å². The maximum atomic E-state index is 13.3. The van der Waals surface area contributed by atoms with Crippen LogP contribution >= 0.6 is 11.6 Å². The van der Waals surface area contributed by atoms with Gasteiger partial charge in [0.05, 0.1) is 10.6 Å². The van der Waals surface area contributed by atoms with Crippen molar-refractivity contribution < 1.29 is 9.50 Å². The van der Waals surface area contributed by atoms with E-state index >= 15 is 0 Å². The van der Waals surface area contributed by atoms with E-state index in [4.69, 9.17) is 11.6 Å². The summed E-state index contributed by atoms with van der Waals surface area (Å²) >= 11 is 5.64. The number of halogens is 2. The van der Waals surface area contributed by atoms with Crippen LogP contribution in [-0.4, -0.2) is 10.7 Å². The lowest BCUT2D eigenvalue weighted by atomic mass is 9.76. The van der Waals surface area contributed by atoms with Gasteiger partial charge in [-0.1, -0.05) is 37.4 Å². The van der Waals surface area contributed by atoms with E-state index < -0.39 is 11.4 Å². The van der Waals surface area contributed by atoms with Gasteiger partial charge < -0.3 is 5.11 Å². The predicted molar refractivity (Wildman–Crippen MR) is 67.7 cm³/mol. The standard InChI is InChI=1S/C14H18ClFO/c1-10-3-2-6-14(17,8-10)9-11-4-5-12(15)13(16)7-11/h4-5,7,10,17H,2-3,6,8-9H2,1H3. The summed E-state index contributed by atoms with van der Waals surface area (Å²) in [5.74, 6) is 0.141. The Morgan fingerprint density at radius 2 is 2.29 bits per heavy atom. The van der Waals surface area contributed by atoms with Gasteiger partial charge in [-0.05, 0) is 36.5 Å². The molecule has 2 unspecified atom stereocenters. The summed E-state index contributed by atoms with van der Waals surface area (Å²) in [4.78, 5) is 0. The van der Waals surface area contributed by atoms with E-state index in [0.717, 1.165) is 24.8 Å². The first kappa shape index (κ1) is 12.8. The largest absolute Gasteiger partial charge is 0.390 e. The maximum absolute atomic E-state index is 13.3. The Labute approximate surface area is 107 Å². The van der Waals surface area contributed by atoms with Crippen molar-refractivity contribution in [1.82, 2.24) is 0 Å². The molecule has 1 N–H and O–H groups in total. The molecule has 94 valence electrons. The zero-order chi connectivity index (χ0) is 12.5. The number of benzene rings is 1. The van der Waals surface area contributed by atoms with Crippen molar-refractivity contribution in [3.63, 3.8) is 0 Å². The SMILES string of the molecule is CC1CCCC(O)(Cc2ccc(Cl)c(F)c2)C1. The molecule has 3 heteroatoms. The van der Waals surface area contributed by atoms with Crippen LogP contribution in [0.1, 0.15) is 38.2 Å². The number of aliphatic hydroxyl groups is 1. The van der Waals surface area contributed by atoms with Crippen LogP contribution in [0.25, 0.3) is 0 Å². The van der Waals surface area contributed by atoms with E-state index in [1.165, 1.54) is 12.5 Å². The van der Waals surface area contributed by atoms with E-state index in [-0.39, 0.29) is 5.02 Å². The van der Waals surface area contributed by atoms with E-state index in [1.807, 2.05) is 0 Å². The summed E-state index contributed by atoms with van der Waals surface area (Å²) in [6.45, 7) is 2.16. The van der Waals surface area contributed by atoms with Gasteiger partial charge in [-0.15, -0.1) is 0 Å². The third-order valence-electron chi connectivity index (χ3n) is 3.58. The average molecular weight is 257 g/mol. The molecule has 1 aromatic rings. The Hall–Kier alpha value is -0.600. The molecule has 2 rings (SSSR count). The summed E-state index contributed by atoms with van der Waals surface area (Å²) in [5.41, 5.74) is 0.154. The lowest BCUT2D eigenvalue weighted by Gasteiger charge is -2.35. The van der Waals surface area contributed by atoms with Crippen molar-refractivity contribution in [1.29, 1.82) is 0 Å². The van der Waals surface area contributed by atoms with Crippen LogP contribution in [0.4, 0.5) is 4.39 Å². The van der Waals surface area contributed by atoms with Gasteiger partial charge in [0, 0.05) is 6.42 Å². The van der Waals surface area contributed by atoms with Crippen molar-refractivity contribution in [3.8, 4) is 0 Å². The molecule has 0 aliphatic heterocycles. The van der Waals surface area contributed by atoms with Gasteiger partial charge in [-0.3, -0.25) is 0 Å². The van der Waals surface area contributed by atoms with Crippen LogP contribution in [0.5, 0.6) is 0 Å². The monoisotopic (exact) mass is 256 g/mol. The molecule has 2 atom stereocenters. The Balaban J connectivity index is 2.11. The number of hydrogen-bond acceptors (Lipinski definition) is 1. The second-order valence-corrected chi connectivity index (χ2v) is 5.76. The summed E-state index contributed by atoms with van der Waals surface area (Å²) in [6, 6.07) is 4.78. The minimum absolute atomic E-state index is 0.137. The van der Waals surface area contributed by atoms with Crippen molar-refractivity contribution in [2.45, 2.75) is 44.6 Å². The molecule has 17 heavy (non-hydrogen) atoms. The van der Waals surface area contributed by atoms with Crippen LogP contribution in [0.15, 0.2) is 18.2 Å². The van der Waals surface area contributed by atoms with Gasteiger partial charge in [-0.2, -0.15) is 0 Å². The van der Waals surface area contributed by atoms with Gasteiger partial charge in [0.1, 0.15) is 5.82 Å². The summed E-state index contributed by atoms with van der Waals surface area (Å²) in [6.07, 6.45) is 4.36. The highest BCUT2D eigenvalue weighted by molar-refractivity contribution is 6.30. The third-order valence-corrected chi connectivity index (χ3v) is 3.89. The molecule has 0 heterocycles. The molecule has 0 spiro atoms. The normalized spacial score (nSPS) is 29.3. The second kappa shape index (κ2) is 4.95. The fourth-order valence-corrected chi connectivity index (χ4v) is 2.94. The predicted octanol–water partition coefficient (Wildman–Crippen LogP) is 3.96. The third kappa shape index (κ3) is 3.20. The Bertz CT molecular complexity index is 407. The van der Waals surface area contributed by atoms with Crippen molar-refractivity contribution in [2.75, 3.05) is 0 Å². The number of hydrogen-bond donors (Lipinski definition) is 1. The fourth-order valence-electron chi connectivity index (χ4n) is 2.82. The molecule has 0 radical (unpaired) electrons. The molecule has 0 saturated heterocycles. The van der Waals surface area contributed by atoms with Gasteiger partial charge >= 0.3 is 0 Å². The van der Waals surface area contributed by atoms with Gasteiger partial charge in [0.25, 0.3) is 0 Å². The van der Waals surface area contributed by atoms with Gasteiger partial charge in [-0.25, -0.2) is 4.39 Å². The minimum Gasteiger partial charge on any atom is -0.390 e. The quantitative estimate of drug-likeness (QED) is 0.849. The molecule has 0 aromatic heterocycles. The zero-order valence-corrected chi connectivity index (χ0v) is 10.8. The summed E-state index contributed by atoms with van der Waals surface area (Å²) in [5, 5.41) is 10.6. The second-order valence-electron chi connectivity index (χ2n) is 5.35. The van der Waals surface area contributed by atoms with Crippen molar-refractivity contribution in [3.05, 3.63) is 34.6 Å². The molecule has 1 aromatic carbocycles. The maximum Gasteiger partial charge on any atom is 0.142 e. The van der Waals surface area contributed by atoms with Gasteiger partial charge in [0.2, 0.25) is 0 Å². The van der Waals surface area contributed by atoms with Crippen LogP contribution in [0, 0.1) is 11.7 Å². The van der Waals surface area contributed by atoms with Crippen LogP contribution < -0.4 is 0 Å². The first-order chi connectivity index (χ1) is 7.98. The minimum atomic E-state index is -0.669. The summed E-state index contributed by atoms with van der Waals surface area (Å²) in [7, 11) is 0. The average Bonchev–Trinajstić information content (AvgIpc) is 2.22. The molecule has 0 amide bonds. The highest BCUT2D eigenvalue weighted by Gasteiger charge is 2.32. The molecule has 1 saturated carbocycles. The smallest absolute Gasteiger partial charge is 0.142 e. The van der Waals surface area contributed by atoms with E-state index in [0.29, 0.717) is 12.3 Å². The van der Waals surface area contributed by atoms with E-state index in [2.05, 4.69) is 6.92 Å². The molecule has 1 fully saturated rings. The lowest BCUT2D eigenvalue weighted by Crippen LogP contribution is -2.36. The van der Waals surface area contributed by atoms with E-state index in [9.17, 15) is 9.50 Å². The Kier molecular flexibility index (Phi) is 3.74. The highest BCUT2D eigenvalue weighted by atomic mass is 35.5. The van der Waals surface area contributed by atoms with Crippen molar-refractivity contribution in [2.24, 2.45) is 5.92 Å². The zero-order valence-electron chi connectivity index (χ0n) is 10.0. The Morgan fingerprint density at radius 3 is 2.94 bits per heavy atom. The number of rotatable bonds is 2. The molecule has 1 aliphatic rings. The Morgan fingerprint density at radius 1 is 1.53 bits per heavy atom. The van der Waals surface area contributed by atoms with Crippen LogP contribution in [0.2, 0.25) is 5.02 Å². The van der Waals surface area contributed by atoms with E-state index in [1.54, 1.807) is 12.1 Å². The molecular formula is C14H18ClFO. The fraction of sp³-hybridized carbons (Fsp3) is 0.571. The molecule has 1 aliphatic carbocycles. The highest BCUT2D eigenvalue weighted by Crippen LogP contribution is 2.35. The summed E-state index contributed by atoms with van der Waals surface area (Å²) < 4.78 is 13.3. The first-order valence-electron chi connectivity index (χ1n) is 6.15. The van der Waals surface area contributed by atoms with Crippen molar-refractivity contribution >= 4 is 11.6 Å². The molecule has 0 bridgehead atoms. The lowest BCUT2D eigenvalue weighted by molar-refractivity contribution is -0.0124. The first-order valence-corrected chi connectivity index (χ1v) is 6.53. The molecule has 1 nitrogen and oxygen atoms in total.